The van der Waals surface area contributed by atoms with Crippen LogP contribution in [0.15, 0.2) is 54.3 Å². The predicted molar refractivity (Wildman–Crippen MR) is 88.1 cm³/mol. The molecule has 1 unspecified atom stereocenters. The molecule has 1 fully saturated rings. The second kappa shape index (κ2) is 6.95. The van der Waals surface area contributed by atoms with E-state index in [1.807, 2.05) is 18.4 Å². The van der Waals surface area contributed by atoms with Crippen molar-refractivity contribution in [2.75, 3.05) is 7.11 Å². The Hall–Kier alpha value is -2.16. The van der Waals surface area contributed by atoms with Crippen molar-refractivity contribution in [2.45, 2.75) is 31.6 Å². The van der Waals surface area contributed by atoms with E-state index in [1.165, 1.54) is 36.1 Å². The minimum absolute atomic E-state index is 0.391. The summed E-state index contributed by atoms with van der Waals surface area (Å²) in [6, 6.07) is 12.1. The van der Waals surface area contributed by atoms with E-state index in [0.29, 0.717) is 11.5 Å². The number of allylic oxidation sites excluding steroid dienone is 1. The molecule has 1 saturated carbocycles. The van der Waals surface area contributed by atoms with Crippen LogP contribution in [0, 0.1) is 11.6 Å². The Balaban J connectivity index is 1.86. The van der Waals surface area contributed by atoms with Gasteiger partial charge in [0.2, 0.25) is 0 Å². The van der Waals surface area contributed by atoms with Gasteiger partial charge in [0.15, 0.2) is 11.6 Å². The molecule has 1 aliphatic rings. The first-order chi connectivity index (χ1) is 11.2. The summed E-state index contributed by atoms with van der Waals surface area (Å²) in [4.78, 5) is 0. The Morgan fingerprint density at radius 3 is 2.39 bits per heavy atom. The number of methoxy groups -OCH3 is 1. The monoisotopic (exact) mass is 314 g/mol. The maximum atomic E-state index is 13.4. The highest BCUT2D eigenvalue weighted by Gasteiger charge is 2.21. The minimum Gasteiger partial charge on any atom is -0.504 e. The van der Waals surface area contributed by atoms with Crippen LogP contribution >= 0.6 is 0 Å². The summed E-state index contributed by atoms with van der Waals surface area (Å²) >= 11 is 0. The van der Waals surface area contributed by atoms with Crippen LogP contribution in [0.4, 0.5) is 8.78 Å². The molecule has 2 aromatic rings. The molecule has 0 radical (unpaired) electrons. The van der Waals surface area contributed by atoms with Gasteiger partial charge in [0.25, 0.3) is 0 Å². The number of hydrogen-bond donors (Lipinski definition) is 0. The van der Waals surface area contributed by atoms with Crippen molar-refractivity contribution in [3.8, 4) is 11.1 Å². The van der Waals surface area contributed by atoms with Gasteiger partial charge in [-0.05, 0) is 53.7 Å². The fourth-order valence-corrected chi connectivity index (χ4v) is 3.29. The molecule has 1 nitrogen and oxygen atoms in total. The highest BCUT2D eigenvalue weighted by molar-refractivity contribution is 5.64. The van der Waals surface area contributed by atoms with Crippen molar-refractivity contribution in [2.24, 2.45) is 0 Å². The molecule has 0 N–H and O–H groups in total. The molecule has 1 aliphatic carbocycles. The van der Waals surface area contributed by atoms with Crippen LogP contribution in [-0.2, 0) is 4.74 Å². The second-order valence-corrected chi connectivity index (χ2v) is 5.98. The molecule has 120 valence electrons. The molecule has 23 heavy (non-hydrogen) atoms. The zero-order valence-electron chi connectivity index (χ0n) is 13.2. The summed E-state index contributed by atoms with van der Waals surface area (Å²) in [7, 11) is 1.69. The first-order valence-electron chi connectivity index (χ1n) is 7.96. The van der Waals surface area contributed by atoms with E-state index in [0.717, 1.165) is 18.4 Å². The molecule has 0 aliphatic heterocycles. The van der Waals surface area contributed by atoms with E-state index in [-0.39, 0.29) is 0 Å². The number of hydrogen-bond acceptors (Lipinski definition) is 1. The third-order valence-corrected chi connectivity index (χ3v) is 4.49. The van der Waals surface area contributed by atoms with E-state index in [9.17, 15) is 8.78 Å². The number of halogens is 2. The molecular formula is C20H20F2O. The van der Waals surface area contributed by atoms with Gasteiger partial charge in [-0.1, -0.05) is 36.8 Å². The molecule has 0 spiro atoms. The summed E-state index contributed by atoms with van der Waals surface area (Å²) < 4.78 is 31.6. The maximum absolute atomic E-state index is 13.4. The van der Waals surface area contributed by atoms with Crippen LogP contribution in [0.25, 0.3) is 11.1 Å². The summed E-state index contributed by atoms with van der Waals surface area (Å²) in [6.45, 7) is 0. The Morgan fingerprint density at radius 2 is 1.70 bits per heavy atom. The van der Waals surface area contributed by atoms with Crippen molar-refractivity contribution in [1.29, 1.82) is 0 Å². The zero-order valence-corrected chi connectivity index (χ0v) is 13.2. The van der Waals surface area contributed by atoms with E-state index in [4.69, 9.17) is 4.74 Å². The van der Waals surface area contributed by atoms with Gasteiger partial charge < -0.3 is 4.74 Å². The average Bonchev–Trinajstić information content (AvgIpc) is 2.58. The molecule has 0 heterocycles. The highest BCUT2D eigenvalue weighted by Crippen LogP contribution is 2.38. The van der Waals surface area contributed by atoms with Gasteiger partial charge >= 0.3 is 0 Å². The maximum Gasteiger partial charge on any atom is 0.159 e. The van der Waals surface area contributed by atoms with Crippen molar-refractivity contribution in [3.05, 3.63) is 71.5 Å². The number of rotatable bonds is 3. The lowest BCUT2D eigenvalue weighted by Gasteiger charge is -2.25. The van der Waals surface area contributed by atoms with Crippen molar-refractivity contribution in [1.82, 2.24) is 0 Å². The number of benzene rings is 2. The first-order valence-corrected chi connectivity index (χ1v) is 7.96. The molecule has 3 heteroatoms. The summed E-state index contributed by atoms with van der Waals surface area (Å²) in [5, 5.41) is 0. The Bertz CT molecular complexity index is 704. The molecule has 2 aromatic carbocycles. The van der Waals surface area contributed by atoms with Crippen LogP contribution in [-0.4, -0.2) is 7.11 Å². The van der Waals surface area contributed by atoms with Crippen LogP contribution in [0.3, 0.4) is 0 Å². The number of ether oxygens (including phenoxy) is 1. The summed E-state index contributed by atoms with van der Waals surface area (Å²) in [5.41, 5.74) is 4.16. The second-order valence-electron chi connectivity index (χ2n) is 5.98. The van der Waals surface area contributed by atoms with Gasteiger partial charge in [-0.3, -0.25) is 0 Å². The van der Waals surface area contributed by atoms with Crippen molar-refractivity contribution >= 4 is 0 Å². The van der Waals surface area contributed by atoms with Crippen molar-refractivity contribution < 1.29 is 13.5 Å². The Kier molecular flexibility index (Phi) is 4.75. The van der Waals surface area contributed by atoms with Gasteiger partial charge in [0.1, 0.15) is 0 Å². The smallest absolute Gasteiger partial charge is 0.159 e. The van der Waals surface area contributed by atoms with Gasteiger partial charge in [0, 0.05) is 5.92 Å². The lowest BCUT2D eigenvalue weighted by Crippen LogP contribution is -2.08. The van der Waals surface area contributed by atoms with E-state index < -0.39 is 11.6 Å². The largest absolute Gasteiger partial charge is 0.504 e. The van der Waals surface area contributed by atoms with E-state index >= 15 is 0 Å². The van der Waals surface area contributed by atoms with Crippen LogP contribution in [0.1, 0.15) is 37.2 Å². The third kappa shape index (κ3) is 3.44. The van der Waals surface area contributed by atoms with Gasteiger partial charge in [-0.25, -0.2) is 8.78 Å². The summed E-state index contributed by atoms with van der Waals surface area (Å²) in [5.74, 6) is -1.24. The van der Waals surface area contributed by atoms with Crippen LogP contribution in [0.5, 0.6) is 0 Å². The average molecular weight is 314 g/mol. The fourth-order valence-electron chi connectivity index (χ4n) is 3.29. The first kappa shape index (κ1) is 15.7. The third-order valence-electron chi connectivity index (χ3n) is 4.49. The van der Waals surface area contributed by atoms with Crippen molar-refractivity contribution in [3.63, 3.8) is 0 Å². The van der Waals surface area contributed by atoms with Crippen LogP contribution in [0.2, 0.25) is 0 Å². The van der Waals surface area contributed by atoms with Gasteiger partial charge in [0.05, 0.1) is 13.4 Å². The highest BCUT2D eigenvalue weighted by atomic mass is 19.2. The summed E-state index contributed by atoms with van der Waals surface area (Å²) in [6.07, 6.45) is 6.49. The van der Waals surface area contributed by atoms with Gasteiger partial charge in [-0.2, -0.15) is 0 Å². The Labute approximate surface area is 135 Å². The standard InChI is InChI=1S/C20H20F2O/c1-23-13-17-4-2-3-5-18(17)15-8-6-14(7-9-15)16-10-11-19(21)20(22)12-16/h6-13,18H,2-5H2,1H3. The molecule has 0 aromatic heterocycles. The molecule has 1 atom stereocenters. The molecule has 0 saturated heterocycles. The molecular weight excluding hydrogens is 294 g/mol. The predicted octanol–water partition coefficient (Wildman–Crippen LogP) is 5.82. The lowest BCUT2D eigenvalue weighted by atomic mass is 9.80. The van der Waals surface area contributed by atoms with E-state index in [2.05, 4.69) is 12.1 Å². The molecule has 0 bridgehead atoms. The Morgan fingerprint density at radius 1 is 0.957 bits per heavy atom. The normalized spacial score (nSPS) is 19.8. The van der Waals surface area contributed by atoms with E-state index in [1.54, 1.807) is 13.2 Å². The fraction of sp³-hybridized carbons (Fsp3) is 0.300. The quantitative estimate of drug-likeness (QED) is 0.649. The SMILES string of the molecule is COC=C1CCCCC1c1ccc(-c2ccc(F)c(F)c2)cc1. The molecule has 3 rings (SSSR count). The molecule has 0 amide bonds. The zero-order chi connectivity index (χ0) is 16.2. The minimum atomic E-state index is -0.818. The lowest BCUT2D eigenvalue weighted by molar-refractivity contribution is 0.325. The van der Waals surface area contributed by atoms with Crippen LogP contribution < -0.4 is 0 Å². The topological polar surface area (TPSA) is 9.23 Å². The van der Waals surface area contributed by atoms with Gasteiger partial charge in [-0.15, -0.1) is 0 Å².